The molecule has 0 aliphatic heterocycles. The van der Waals surface area contributed by atoms with Gasteiger partial charge in [0.05, 0.1) is 12.8 Å². The van der Waals surface area contributed by atoms with Gasteiger partial charge in [-0.1, -0.05) is 12.1 Å². The molecule has 0 bridgehead atoms. The van der Waals surface area contributed by atoms with Crippen molar-refractivity contribution in [1.82, 2.24) is 4.83 Å². The summed E-state index contributed by atoms with van der Waals surface area (Å²) in [5, 5.41) is 0. The van der Waals surface area contributed by atoms with Gasteiger partial charge < -0.3 is 14.7 Å². The van der Waals surface area contributed by atoms with E-state index in [1.807, 2.05) is 0 Å². The first-order valence-corrected chi connectivity index (χ1v) is 5.05. The van der Waals surface area contributed by atoms with Crippen molar-refractivity contribution in [2.24, 2.45) is 0 Å². The van der Waals surface area contributed by atoms with Gasteiger partial charge in [0.2, 0.25) is 0 Å². The molecule has 1 aromatic carbocycles. The van der Waals surface area contributed by atoms with E-state index in [9.17, 15) is 13.0 Å². The van der Waals surface area contributed by atoms with Crippen molar-refractivity contribution in [3.8, 4) is 5.75 Å². The van der Waals surface area contributed by atoms with Crippen LogP contribution in [0, 0.1) is 0 Å². The van der Waals surface area contributed by atoms with E-state index in [-0.39, 0.29) is 29.6 Å². The zero-order valence-electron chi connectivity index (χ0n) is 8.35. The summed E-state index contributed by atoms with van der Waals surface area (Å²) in [5.74, 6) is 0.434. The van der Waals surface area contributed by atoms with Gasteiger partial charge in [-0.05, 0) is 12.1 Å². The largest absolute Gasteiger partial charge is 1.00 e. The number of hydrogen-bond acceptors (Lipinski definition) is 5. The number of methoxy groups -OCH3 is 1. The van der Waals surface area contributed by atoms with Crippen LogP contribution >= 0.6 is 0 Å². The number of para-hydroxylation sites is 2. The zero-order chi connectivity index (χ0) is 10.6. The first-order chi connectivity index (χ1) is 6.53. The molecule has 1 rings (SSSR count). The van der Waals surface area contributed by atoms with Crippen molar-refractivity contribution in [3.05, 3.63) is 24.3 Å². The van der Waals surface area contributed by atoms with Gasteiger partial charge in [0.15, 0.2) is 10.3 Å². The minimum Gasteiger partial charge on any atom is -0.734 e. The maximum atomic E-state index is 10.2. The molecule has 0 saturated carbocycles. The Morgan fingerprint density at radius 2 is 1.93 bits per heavy atom. The van der Waals surface area contributed by atoms with Gasteiger partial charge in [0, 0.05) is 0 Å². The van der Waals surface area contributed by atoms with Crippen LogP contribution in [0.4, 0.5) is 5.69 Å². The Kier molecular flexibility index (Phi) is 6.18. The number of rotatable bonds is 4. The maximum absolute atomic E-state index is 10.2. The number of nitrogens with one attached hydrogen (secondary N) is 2. The number of hydrazine groups is 1. The molecule has 0 amide bonds. The molecule has 0 aliphatic carbocycles. The molecule has 0 aliphatic rings. The fourth-order valence-electron chi connectivity index (χ4n) is 0.865. The molecule has 0 saturated heterocycles. The Labute approximate surface area is 110 Å². The molecular weight excluding hydrogens is 231 g/mol. The molecule has 2 N–H and O–H groups in total. The summed E-state index contributed by atoms with van der Waals surface area (Å²) in [5.41, 5.74) is 2.60. The van der Waals surface area contributed by atoms with E-state index < -0.39 is 10.3 Å². The zero-order valence-corrected chi connectivity index (χ0v) is 11.2. The van der Waals surface area contributed by atoms with Gasteiger partial charge in [0.1, 0.15) is 5.75 Å². The van der Waals surface area contributed by atoms with Crippen LogP contribution < -0.4 is 44.6 Å². The predicted octanol–water partition coefficient (Wildman–Crippen LogP) is -2.92. The van der Waals surface area contributed by atoms with Crippen LogP contribution in [0.25, 0.3) is 0 Å². The molecule has 78 valence electrons. The smallest absolute Gasteiger partial charge is 0.734 e. The summed E-state index contributed by atoms with van der Waals surface area (Å²) in [6.07, 6.45) is 0. The Balaban J connectivity index is 0.00000196. The molecule has 8 heteroatoms. The third kappa shape index (κ3) is 5.36. The maximum Gasteiger partial charge on any atom is 1.00 e. The molecule has 0 unspecified atom stereocenters. The quantitative estimate of drug-likeness (QED) is 0.334. The van der Waals surface area contributed by atoms with E-state index in [4.69, 9.17) is 4.74 Å². The summed E-state index contributed by atoms with van der Waals surface area (Å²) >= 11 is 0. The SMILES string of the molecule is COc1ccccc1NNS(=O)(=O)[O-].[Na+]. The molecule has 0 heterocycles. The van der Waals surface area contributed by atoms with Crippen LogP contribution in [-0.2, 0) is 10.3 Å². The first-order valence-electron chi connectivity index (χ1n) is 3.64. The molecular formula is C7H9N2NaO4S. The normalized spacial score (nSPS) is 10.3. The molecule has 6 nitrogen and oxygen atoms in total. The van der Waals surface area contributed by atoms with Crippen molar-refractivity contribution in [1.29, 1.82) is 0 Å². The second-order valence-corrected chi connectivity index (χ2v) is 3.49. The van der Waals surface area contributed by atoms with Gasteiger partial charge in [0.25, 0.3) is 0 Å². The number of hydrogen-bond donors (Lipinski definition) is 2. The first kappa shape index (κ1) is 14.7. The van der Waals surface area contributed by atoms with Crippen molar-refractivity contribution in [2.45, 2.75) is 0 Å². The van der Waals surface area contributed by atoms with Gasteiger partial charge in [-0.15, -0.1) is 4.83 Å². The summed E-state index contributed by atoms with van der Waals surface area (Å²) in [4.78, 5) is 1.60. The molecule has 0 spiro atoms. The number of benzene rings is 1. The molecule has 0 fully saturated rings. The standard InChI is InChI=1S/C7H10N2O4S.Na/c1-13-7-5-3-2-4-6(7)8-9-14(10,11)12;/h2-5,8-9H,1H3,(H,10,11,12);/q;+1/p-1. The van der Waals surface area contributed by atoms with E-state index in [2.05, 4.69) is 5.43 Å². The van der Waals surface area contributed by atoms with Crippen LogP contribution in [-0.4, -0.2) is 20.1 Å². The fourth-order valence-corrected chi connectivity index (χ4v) is 1.10. The van der Waals surface area contributed by atoms with E-state index in [0.717, 1.165) is 0 Å². The summed E-state index contributed by atoms with van der Waals surface area (Å²) in [7, 11) is -3.08. The van der Waals surface area contributed by atoms with Gasteiger partial charge in [-0.3, -0.25) is 0 Å². The van der Waals surface area contributed by atoms with E-state index in [0.29, 0.717) is 11.4 Å². The Morgan fingerprint density at radius 1 is 1.33 bits per heavy atom. The Hall–Kier alpha value is -0.310. The minimum absolute atomic E-state index is 0. The molecule has 0 radical (unpaired) electrons. The number of ether oxygens (including phenoxy) is 1. The molecule has 15 heavy (non-hydrogen) atoms. The number of anilines is 1. The average molecular weight is 240 g/mol. The van der Waals surface area contributed by atoms with Crippen molar-refractivity contribution < 1.29 is 47.3 Å². The van der Waals surface area contributed by atoms with Crippen LogP contribution in [0.1, 0.15) is 0 Å². The van der Waals surface area contributed by atoms with Crippen LogP contribution in [0.2, 0.25) is 0 Å². The summed E-state index contributed by atoms with van der Waals surface area (Å²) in [6.45, 7) is 0. The van der Waals surface area contributed by atoms with Gasteiger partial charge in [-0.25, -0.2) is 8.42 Å². The van der Waals surface area contributed by atoms with Crippen LogP contribution in [0.5, 0.6) is 5.75 Å². The Morgan fingerprint density at radius 3 is 2.47 bits per heavy atom. The van der Waals surface area contributed by atoms with Crippen molar-refractivity contribution in [2.75, 3.05) is 12.5 Å². The van der Waals surface area contributed by atoms with Crippen LogP contribution in [0.3, 0.4) is 0 Å². The van der Waals surface area contributed by atoms with E-state index in [1.54, 1.807) is 29.1 Å². The average Bonchev–Trinajstić information content (AvgIpc) is 2.14. The Bertz CT molecular complexity index is 409. The second kappa shape index (κ2) is 6.31. The predicted molar refractivity (Wildman–Crippen MR) is 49.4 cm³/mol. The summed E-state index contributed by atoms with van der Waals surface area (Å²) < 4.78 is 35.6. The van der Waals surface area contributed by atoms with E-state index >= 15 is 0 Å². The topological polar surface area (TPSA) is 90.5 Å². The molecule has 1 aromatic rings. The summed E-state index contributed by atoms with van der Waals surface area (Å²) in [6, 6.07) is 6.58. The van der Waals surface area contributed by atoms with Crippen molar-refractivity contribution in [3.63, 3.8) is 0 Å². The fraction of sp³-hybridized carbons (Fsp3) is 0.143. The molecule has 0 atom stereocenters. The monoisotopic (exact) mass is 240 g/mol. The third-order valence-corrected chi connectivity index (χ3v) is 1.77. The minimum atomic E-state index is -4.51. The van der Waals surface area contributed by atoms with E-state index in [1.165, 1.54) is 7.11 Å². The second-order valence-electron chi connectivity index (χ2n) is 2.38. The van der Waals surface area contributed by atoms with Gasteiger partial charge in [-0.2, -0.15) is 0 Å². The van der Waals surface area contributed by atoms with Crippen LogP contribution in [0.15, 0.2) is 24.3 Å². The third-order valence-electron chi connectivity index (χ3n) is 1.42. The molecule has 0 aromatic heterocycles. The van der Waals surface area contributed by atoms with Crippen molar-refractivity contribution >= 4 is 16.0 Å². The van der Waals surface area contributed by atoms with Gasteiger partial charge >= 0.3 is 29.6 Å².